The molecule has 0 bridgehead atoms. The largest absolute Gasteiger partial charge is 0.0990 e. The second kappa shape index (κ2) is 9.98. The van der Waals surface area contributed by atoms with Crippen LogP contribution in [-0.4, -0.2) is 0 Å². The summed E-state index contributed by atoms with van der Waals surface area (Å²) in [6, 6.07) is 22.2. The highest BCUT2D eigenvalue weighted by Crippen LogP contribution is 2.26. The van der Waals surface area contributed by atoms with Crippen molar-refractivity contribution in [3.8, 4) is 0 Å². The first-order valence-electron chi connectivity index (χ1n) is 6.05. The number of rotatable bonds is 4. The van der Waals surface area contributed by atoms with E-state index in [1.165, 1.54) is 4.90 Å². The number of thioether (sulfide) groups is 1. The molecule has 1 heteroatoms. The van der Waals surface area contributed by atoms with E-state index in [9.17, 15) is 0 Å². The molecule has 0 spiro atoms. The predicted molar refractivity (Wildman–Crippen MR) is 87.2 cm³/mol. The van der Waals surface area contributed by atoms with Gasteiger partial charge in [-0.25, -0.2) is 0 Å². The number of hydrogen-bond donors (Lipinski definition) is 0. The minimum Gasteiger partial charge on any atom is -0.0990 e. The van der Waals surface area contributed by atoms with Crippen molar-refractivity contribution in [1.29, 1.82) is 0 Å². The summed E-state index contributed by atoms with van der Waals surface area (Å²) < 4.78 is 0. The summed E-state index contributed by atoms with van der Waals surface area (Å²) in [5.41, 5.74) is 0. The van der Waals surface area contributed by atoms with E-state index in [0.29, 0.717) is 0 Å². The minimum atomic E-state index is 1.11. The van der Waals surface area contributed by atoms with Gasteiger partial charge in [0, 0.05) is 9.80 Å². The zero-order valence-electron chi connectivity index (χ0n) is 10.9. The van der Waals surface area contributed by atoms with Crippen LogP contribution in [0.2, 0.25) is 0 Å². The fraction of sp³-hybridized carbons (Fsp3) is 0. The Morgan fingerprint density at radius 1 is 0.789 bits per heavy atom. The third-order valence-corrected chi connectivity index (χ3v) is 3.18. The fourth-order valence-corrected chi connectivity index (χ4v) is 2.08. The summed E-state index contributed by atoms with van der Waals surface area (Å²) >= 11 is 1.69. The van der Waals surface area contributed by atoms with Gasteiger partial charge in [-0.15, -0.1) is 0 Å². The van der Waals surface area contributed by atoms with Gasteiger partial charge in [-0.05, 0) is 18.2 Å². The first-order valence-corrected chi connectivity index (χ1v) is 6.86. The van der Waals surface area contributed by atoms with Crippen molar-refractivity contribution >= 4 is 11.8 Å². The van der Waals surface area contributed by atoms with Crippen LogP contribution in [0.1, 0.15) is 0 Å². The van der Waals surface area contributed by atoms with E-state index in [4.69, 9.17) is 0 Å². The van der Waals surface area contributed by atoms with Gasteiger partial charge in [0.05, 0.1) is 0 Å². The van der Waals surface area contributed by atoms with Gasteiger partial charge in [-0.2, -0.15) is 0 Å². The van der Waals surface area contributed by atoms with Crippen LogP contribution in [0, 0.1) is 0 Å². The molecule has 0 fully saturated rings. The highest BCUT2D eigenvalue weighted by Gasteiger charge is 1.93. The molecule has 0 saturated heterocycles. The first-order chi connectivity index (χ1) is 9.36. The van der Waals surface area contributed by atoms with E-state index in [0.717, 1.165) is 4.91 Å². The summed E-state index contributed by atoms with van der Waals surface area (Å²) in [5, 5.41) is 0. The lowest BCUT2D eigenvalue weighted by Crippen LogP contribution is -1.71. The van der Waals surface area contributed by atoms with Crippen molar-refractivity contribution in [2.24, 2.45) is 0 Å². The Bertz CT molecular complexity index is 471. The first kappa shape index (κ1) is 15.1. The highest BCUT2D eigenvalue weighted by molar-refractivity contribution is 8.03. The summed E-state index contributed by atoms with van der Waals surface area (Å²) in [6.07, 6.45) is 5.55. The van der Waals surface area contributed by atoms with Gasteiger partial charge in [0.15, 0.2) is 0 Å². The third kappa shape index (κ3) is 7.12. The topological polar surface area (TPSA) is 0 Å². The van der Waals surface area contributed by atoms with Crippen LogP contribution < -0.4 is 0 Å². The van der Waals surface area contributed by atoms with E-state index < -0.39 is 0 Å². The van der Waals surface area contributed by atoms with Crippen molar-refractivity contribution in [2.45, 2.75) is 4.90 Å². The molecule has 2 rings (SSSR count). The minimum absolute atomic E-state index is 1.11. The maximum atomic E-state index is 3.74. The second-order valence-corrected chi connectivity index (χ2v) is 4.73. The lowest BCUT2D eigenvalue weighted by Gasteiger charge is -1.99. The van der Waals surface area contributed by atoms with E-state index in [-0.39, 0.29) is 0 Å². The van der Waals surface area contributed by atoms with Crippen LogP contribution in [0.4, 0.5) is 0 Å². The Labute approximate surface area is 120 Å². The van der Waals surface area contributed by atoms with E-state index in [1.54, 1.807) is 17.8 Å². The number of allylic oxidation sites excluding steroid dienone is 3. The average molecular weight is 266 g/mol. The molecule has 96 valence electrons. The molecule has 0 heterocycles. The molecule has 0 N–H and O–H groups in total. The van der Waals surface area contributed by atoms with E-state index in [2.05, 4.69) is 25.3 Å². The Hall–Kier alpha value is -1.99. The molecule has 0 atom stereocenters. The Balaban J connectivity index is 0.000000250. The van der Waals surface area contributed by atoms with E-state index in [1.807, 2.05) is 66.7 Å². The lowest BCUT2D eigenvalue weighted by atomic mass is 10.4. The summed E-state index contributed by atoms with van der Waals surface area (Å²) in [6.45, 7) is 7.39. The smallest absolute Gasteiger partial charge is 0.0122 e. The van der Waals surface area contributed by atoms with Gasteiger partial charge < -0.3 is 0 Å². The SMILES string of the molecule is C=C/C=C(\C=C)Sc1ccccc1.c1ccccc1. The van der Waals surface area contributed by atoms with E-state index >= 15 is 0 Å². The van der Waals surface area contributed by atoms with Gasteiger partial charge in [0.2, 0.25) is 0 Å². The van der Waals surface area contributed by atoms with Gasteiger partial charge in [0.1, 0.15) is 0 Å². The summed E-state index contributed by atoms with van der Waals surface area (Å²) in [5.74, 6) is 0. The molecule has 0 nitrogen and oxygen atoms in total. The quantitative estimate of drug-likeness (QED) is 0.503. The average Bonchev–Trinajstić information content (AvgIpc) is 2.50. The van der Waals surface area contributed by atoms with Gasteiger partial charge in [-0.3, -0.25) is 0 Å². The maximum Gasteiger partial charge on any atom is 0.0122 e. The van der Waals surface area contributed by atoms with Crippen LogP contribution >= 0.6 is 11.8 Å². The third-order valence-electron chi connectivity index (χ3n) is 2.13. The zero-order chi connectivity index (χ0) is 13.8. The normalized spacial score (nSPS) is 10.0. The lowest BCUT2D eigenvalue weighted by molar-refractivity contribution is 1.47. The highest BCUT2D eigenvalue weighted by atomic mass is 32.2. The van der Waals surface area contributed by atoms with Crippen molar-refractivity contribution in [2.75, 3.05) is 0 Å². The molecule has 0 aliphatic rings. The van der Waals surface area contributed by atoms with Crippen LogP contribution in [0.25, 0.3) is 0 Å². The standard InChI is InChI=1S/C12H12S.C6H6/c1-3-8-11(4-2)13-12-9-6-5-7-10-12;1-2-4-6-5-3-1/h3-10H,1-2H2;1-6H/b11-8+;. The van der Waals surface area contributed by atoms with Crippen LogP contribution in [-0.2, 0) is 0 Å². The second-order valence-electron chi connectivity index (χ2n) is 3.58. The van der Waals surface area contributed by atoms with Crippen LogP contribution in [0.15, 0.2) is 108 Å². The molecule has 0 radical (unpaired) electrons. The van der Waals surface area contributed by atoms with Crippen molar-refractivity contribution in [3.63, 3.8) is 0 Å². The molecule has 2 aromatic carbocycles. The zero-order valence-corrected chi connectivity index (χ0v) is 11.7. The molecular formula is C18H18S. The van der Waals surface area contributed by atoms with Crippen LogP contribution in [0.5, 0.6) is 0 Å². The number of benzene rings is 2. The van der Waals surface area contributed by atoms with Gasteiger partial charge in [0.25, 0.3) is 0 Å². The predicted octanol–water partition coefficient (Wildman–Crippen LogP) is 5.72. The summed E-state index contributed by atoms with van der Waals surface area (Å²) in [4.78, 5) is 2.33. The molecule has 0 unspecified atom stereocenters. The van der Waals surface area contributed by atoms with Crippen molar-refractivity contribution in [1.82, 2.24) is 0 Å². The molecule has 19 heavy (non-hydrogen) atoms. The molecular weight excluding hydrogens is 248 g/mol. The number of hydrogen-bond acceptors (Lipinski definition) is 1. The molecule has 0 aromatic heterocycles. The Morgan fingerprint density at radius 3 is 1.68 bits per heavy atom. The van der Waals surface area contributed by atoms with Crippen LogP contribution in [0.3, 0.4) is 0 Å². The fourth-order valence-electron chi connectivity index (χ4n) is 1.27. The Morgan fingerprint density at radius 2 is 1.26 bits per heavy atom. The molecule has 2 aromatic rings. The summed E-state index contributed by atoms with van der Waals surface area (Å²) in [7, 11) is 0. The van der Waals surface area contributed by atoms with Gasteiger partial charge in [-0.1, -0.05) is 91.7 Å². The monoisotopic (exact) mass is 266 g/mol. The van der Waals surface area contributed by atoms with Gasteiger partial charge >= 0.3 is 0 Å². The molecule has 0 aliphatic heterocycles. The Kier molecular flexibility index (Phi) is 7.92. The van der Waals surface area contributed by atoms with Crippen molar-refractivity contribution < 1.29 is 0 Å². The molecule has 0 amide bonds. The molecule has 0 saturated carbocycles. The molecule has 0 aliphatic carbocycles. The maximum absolute atomic E-state index is 3.74. The van der Waals surface area contributed by atoms with Crippen molar-refractivity contribution in [3.05, 3.63) is 103 Å².